The van der Waals surface area contributed by atoms with Crippen molar-refractivity contribution in [2.24, 2.45) is 0 Å². The molecule has 38 heavy (non-hydrogen) atoms. The van der Waals surface area contributed by atoms with E-state index in [2.05, 4.69) is 80.9 Å². The van der Waals surface area contributed by atoms with Gasteiger partial charge in [0.15, 0.2) is 0 Å². The van der Waals surface area contributed by atoms with E-state index in [0.29, 0.717) is 0 Å². The van der Waals surface area contributed by atoms with E-state index < -0.39 is 5.60 Å². The number of rotatable bonds is 7. The Morgan fingerprint density at radius 3 is 2.26 bits per heavy atom. The van der Waals surface area contributed by atoms with Crippen LogP contribution >= 0.6 is 0 Å². The number of aromatic nitrogens is 1. The molecule has 0 amide bonds. The van der Waals surface area contributed by atoms with Crippen molar-refractivity contribution < 1.29 is 14.6 Å². The van der Waals surface area contributed by atoms with E-state index in [0.717, 1.165) is 66.3 Å². The number of carbonyl (C=O) groups excluding carboxylic acids is 1. The normalized spacial score (nSPS) is 14.6. The monoisotopic (exact) mass is 509 g/mol. The second-order valence-corrected chi connectivity index (χ2v) is 10.7. The molecule has 0 saturated heterocycles. The maximum atomic E-state index is 11.7. The summed E-state index contributed by atoms with van der Waals surface area (Å²) in [5.41, 5.74) is 7.90. The summed E-state index contributed by atoms with van der Waals surface area (Å²) in [4.78, 5) is 16.1. The number of ether oxygens (including phenoxy) is 1. The molecule has 0 unspecified atom stereocenters. The summed E-state index contributed by atoms with van der Waals surface area (Å²) in [6, 6.07) is 15.3. The summed E-state index contributed by atoms with van der Waals surface area (Å²) >= 11 is 0. The van der Waals surface area contributed by atoms with Gasteiger partial charge in [-0.15, -0.1) is 0 Å². The molecule has 0 spiro atoms. The van der Waals surface area contributed by atoms with E-state index in [4.69, 9.17) is 4.74 Å². The van der Waals surface area contributed by atoms with Gasteiger partial charge in [0.2, 0.25) is 0 Å². The highest BCUT2D eigenvalue weighted by atomic mass is 16.5. The molecule has 0 bridgehead atoms. The van der Waals surface area contributed by atoms with E-state index in [1.54, 1.807) is 6.20 Å². The van der Waals surface area contributed by atoms with E-state index in [9.17, 15) is 9.90 Å². The Labute approximate surface area is 227 Å². The van der Waals surface area contributed by atoms with Crippen LogP contribution in [0.15, 0.2) is 54.9 Å². The summed E-state index contributed by atoms with van der Waals surface area (Å²) in [6.07, 6.45) is 9.36. The molecule has 0 radical (unpaired) electrons. The van der Waals surface area contributed by atoms with Gasteiger partial charge in [-0.2, -0.15) is 0 Å². The number of aryl methyl sites for hydroxylation is 2. The first-order valence-electron chi connectivity index (χ1n) is 13.7. The number of hydrogen-bond donors (Lipinski definition) is 1. The van der Waals surface area contributed by atoms with Crippen molar-refractivity contribution in [3.8, 4) is 23.0 Å². The summed E-state index contributed by atoms with van der Waals surface area (Å²) in [5, 5.41) is 10.6. The zero-order chi connectivity index (χ0) is 27.3. The molecule has 4 rings (SSSR count). The fraction of sp³-hybridized carbons (Fsp3) is 0.412. The van der Waals surface area contributed by atoms with Gasteiger partial charge >= 0.3 is 5.97 Å². The van der Waals surface area contributed by atoms with E-state index in [-0.39, 0.29) is 17.8 Å². The SMILES string of the molecule is CCC(CC)(c1ccc(C#CC2(O)CCCC2)c(C)c1)c1ccc(-c2cncc(CC(=O)OC)c2)c(C)c1. The van der Waals surface area contributed by atoms with Crippen LogP contribution in [0.1, 0.15) is 85.8 Å². The highest BCUT2D eigenvalue weighted by molar-refractivity contribution is 5.74. The van der Waals surface area contributed by atoms with Crippen LogP contribution in [0.2, 0.25) is 0 Å². The van der Waals surface area contributed by atoms with Gasteiger partial charge in [0.25, 0.3) is 0 Å². The Balaban J connectivity index is 1.66. The quantitative estimate of drug-likeness (QED) is 0.280. The third-order valence-corrected chi connectivity index (χ3v) is 8.31. The molecule has 1 N–H and O–H groups in total. The molecule has 0 aliphatic heterocycles. The molecule has 4 nitrogen and oxygen atoms in total. The Morgan fingerprint density at radius 1 is 1.00 bits per heavy atom. The summed E-state index contributed by atoms with van der Waals surface area (Å²) < 4.78 is 4.81. The smallest absolute Gasteiger partial charge is 0.310 e. The van der Waals surface area contributed by atoms with Gasteiger partial charge in [-0.1, -0.05) is 56.0 Å². The fourth-order valence-electron chi connectivity index (χ4n) is 5.86. The lowest BCUT2D eigenvalue weighted by Gasteiger charge is -2.34. The summed E-state index contributed by atoms with van der Waals surface area (Å²) in [7, 11) is 1.40. The molecular weight excluding hydrogens is 470 g/mol. The number of hydrogen-bond acceptors (Lipinski definition) is 4. The molecule has 1 aliphatic carbocycles. The predicted octanol–water partition coefficient (Wildman–Crippen LogP) is 6.84. The van der Waals surface area contributed by atoms with Crippen molar-refractivity contribution in [1.82, 2.24) is 4.98 Å². The number of methoxy groups -OCH3 is 1. The number of benzene rings is 2. The topological polar surface area (TPSA) is 59.4 Å². The lowest BCUT2D eigenvalue weighted by atomic mass is 9.69. The average molecular weight is 510 g/mol. The van der Waals surface area contributed by atoms with Crippen LogP contribution in [0.4, 0.5) is 0 Å². The van der Waals surface area contributed by atoms with Crippen LogP contribution in [0.5, 0.6) is 0 Å². The minimum Gasteiger partial charge on any atom is -0.469 e. The van der Waals surface area contributed by atoms with Gasteiger partial charge in [0.1, 0.15) is 5.60 Å². The van der Waals surface area contributed by atoms with Gasteiger partial charge in [-0.25, -0.2) is 0 Å². The van der Waals surface area contributed by atoms with Gasteiger partial charge in [0, 0.05) is 28.9 Å². The Hall–Kier alpha value is -3.42. The van der Waals surface area contributed by atoms with Gasteiger partial charge in [-0.05, 0) is 97.9 Å². The van der Waals surface area contributed by atoms with Crippen molar-refractivity contribution in [3.05, 3.63) is 88.2 Å². The maximum absolute atomic E-state index is 11.7. The minimum atomic E-state index is -0.824. The fourth-order valence-corrected chi connectivity index (χ4v) is 5.86. The number of esters is 1. The Bertz CT molecular complexity index is 1370. The van der Waals surface area contributed by atoms with E-state index >= 15 is 0 Å². The lowest BCUT2D eigenvalue weighted by molar-refractivity contribution is -0.139. The zero-order valence-corrected chi connectivity index (χ0v) is 23.4. The number of aliphatic hydroxyl groups is 1. The van der Waals surface area contributed by atoms with Crippen molar-refractivity contribution >= 4 is 5.97 Å². The third-order valence-electron chi connectivity index (χ3n) is 8.31. The summed E-state index contributed by atoms with van der Waals surface area (Å²) in [6.45, 7) is 8.77. The second-order valence-electron chi connectivity index (χ2n) is 10.7. The molecule has 1 saturated carbocycles. The van der Waals surface area contributed by atoms with Crippen LogP contribution in [-0.2, 0) is 21.4 Å². The Kier molecular flexibility index (Phi) is 8.38. The molecule has 1 fully saturated rings. The average Bonchev–Trinajstić information content (AvgIpc) is 3.36. The molecule has 3 aromatic rings. The third kappa shape index (κ3) is 5.69. The molecule has 1 heterocycles. The van der Waals surface area contributed by atoms with Crippen molar-refractivity contribution in [2.45, 2.75) is 83.7 Å². The first kappa shape index (κ1) is 27.6. The van der Waals surface area contributed by atoms with E-state index in [1.807, 2.05) is 12.3 Å². The molecule has 4 heteroatoms. The van der Waals surface area contributed by atoms with Crippen LogP contribution in [0.3, 0.4) is 0 Å². The van der Waals surface area contributed by atoms with Crippen molar-refractivity contribution in [1.29, 1.82) is 0 Å². The molecule has 2 aromatic carbocycles. The maximum Gasteiger partial charge on any atom is 0.310 e. The molecular formula is C34H39NO3. The molecule has 198 valence electrons. The Morgan fingerprint density at radius 2 is 1.66 bits per heavy atom. The second kappa shape index (κ2) is 11.5. The van der Waals surface area contributed by atoms with E-state index in [1.165, 1.54) is 23.8 Å². The van der Waals surface area contributed by atoms with Crippen LogP contribution < -0.4 is 0 Å². The minimum absolute atomic E-state index is 0.116. The molecule has 0 atom stereocenters. The highest BCUT2D eigenvalue weighted by Crippen LogP contribution is 2.41. The first-order valence-corrected chi connectivity index (χ1v) is 13.7. The standard InChI is InChI=1S/C34H39NO3/c1-6-34(7-2,29-11-10-27(24(3)18-29)14-17-33(37)15-8-9-16-33)30-12-13-31(25(4)19-30)28-20-26(22-35-23-28)21-32(36)38-5/h10-13,18-20,22-23,37H,6-9,15-16,21H2,1-5H3. The number of nitrogens with zero attached hydrogens (tertiary/aromatic N) is 1. The van der Waals surface area contributed by atoms with Crippen molar-refractivity contribution in [2.75, 3.05) is 7.11 Å². The molecule has 1 aliphatic rings. The van der Waals surface area contributed by atoms with Gasteiger partial charge < -0.3 is 9.84 Å². The van der Waals surface area contributed by atoms with Crippen LogP contribution in [0, 0.1) is 25.7 Å². The first-order chi connectivity index (χ1) is 18.2. The predicted molar refractivity (Wildman–Crippen MR) is 153 cm³/mol. The lowest BCUT2D eigenvalue weighted by Crippen LogP contribution is -2.26. The zero-order valence-electron chi connectivity index (χ0n) is 23.4. The molecule has 1 aromatic heterocycles. The van der Waals surface area contributed by atoms with Gasteiger partial charge in [-0.3, -0.25) is 9.78 Å². The summed E-state index contributed by atoms with van der Waals surface area (Å²) in [5.74, 6) is 6.15. The van der Waals surface area contributed by atoms with Crippen LogP contribution in [0.25, 0.3) is 11.1 Å². The van der Waals surface area contributed by atoms with Gasteiger partial charge in [0.05, 0.1) is 13.5 Å². The van der Waals surface area contributed by atoms with Crippen LogP contribution in [-0.4, -0.2) is 28.8 Å². The highest BCUT2D eigenvalue weighted by Gasteiger charge is 2.32. The van der Waals surface area contributed by atoms with Crippen molar-refractivity contribution in [3.63, 3.8) is 0 Å². The largest absolute Gasteiger partial charge is 0.469 e. The number of carbonyl (C=O) groups is 1. The number of pyridine rings is 1.